The van der Waals surface area contributed by atoms with Crippen molar-refractivity contribution in [1.29, 1.82) is 0 Å². The fourth-order valence-electron chi connectivity index (χ4n) is 9.21. The lowest BCUT2D eigenvalue weighted by Crippen LogP contribution is -2.47. The number of para-hydroxylation sites is 1. The van der Waals surface area contributed by atoms with Crippen molar-refractivity contribution in [3.63, 3.8) is 0 Å². The quantitative estimate of drug-likeness (QED) is 0.0158. The molecule has 4 heterocycles. The maximum atomic E-state index is 14.4. The van der Waals surface area contributed by atoms with E-state index in [-0.39, 0.29) is 113 Å². The lowest BCUT2D eigenvalue weighted by atomic mass is 9.85. The molecular weight excluding hydrogens is 941 g/mol. The predicted octanol–water partition coefficient (Wildman–Crippen LogP) is 7.23. The second kappa shape index (κ2) is 26.6. The number of cyclic esters (lactones) is 1. The van der Waals surface area contributed by atoms with Crippen LogP contribution >= 0.6 is 0 Å². The Morgan fingerprint density at radius 2 is 1.79 bits per heavy atom. The van der Waals surface area contributed by atoms with Gasteiger partial charge in [0.05, 0.1) is 35.6 Å². The molecular formula is C53H66N8O12. The number of fused-ring (bicyclic) bond motifs is 5. The summed E-state index contributed by atoms with van der Waals surface area (Å²) in [5.74, 6) is -2.50. The van der Waals surface area contributed by atoms with Crippen LogP contribution in [0.2, 0.25) is 0 Å². The molecule has 2 amide bonds. The fourth-order valence-corrected chi connectivity index (χ4v) is 9.21. The van der Waals surface area contributed by atoms with Gasteiger partial charge in [-0.05, 0) is 100.0 Å². The molecule has 0 bridgehead atoms. The Balaban J connectivity index is 1.09. The molecule has 390 valence electrons. The van der Waals surface area contributed by atoms with Gasteiger partial charge < -0.3 is 43.8 Å². The number of ether oxygens (including phenoxy) is 5. The van der Waals surface area contributed by atoms with Gasteiger partial charge in [-0.15, -0.1) is 0 Å². The Labute approximate surface area is 425 Å². The molecule has 2 aromatic heterocycles. The van der Waals surface area contributed by atoms with Crippen molar-refractivity contribution in [2.45, 2.75) is 117 Å². The number of benzene rings is 2. The molecule has 73 heavy (non-hydrogen) atoms. The van der Waals surface area contributed by atoms with Crippen molar-refractivity contribution >= 4 is 52.1 Å². The highest BCUT2D eigenvalue weighted by molar-refractivity contribution is 5.96. The van der Waals surface area contributed by atoms with Crippen molar-refractivity contribution in [2.24, 2.45) is 11.0 Å². The maximum absolute atomic E-state index is 14.4. The van der Waals surface area contributed by atoms with Crippen LogP contribution in [0.15, 0.2) is 64.5 Å². The van der Waals surface area contributed by atoms with E-state index in [0.29, 0.717) is 80.1 Å². The van der Waals surface area contributed by atoms with Crippen molar-refractivity contribution in [2.75, 3.05) is 57.9 Å². The number of rotatable bonds is 29. The van der Waals surface area contributed by atoms with Crippen molar-refractivity contribution in [3.8, 4) is 11.4 Å². The van der Waals surface area contributed by atoms with Gasteiger partial charge in [0.15, 0.2) is 11.6 Å². The SMILES string of the molecule is [3H]CCNCCCC[C@H](CC(=O)COCC(=O)CCCOCCN=[N+]=[N-])C(=O)Nc1ccc(COC(=O)O[C@]2(CC)C(=O)OCc3c2cc2n(c3=O)Cc3c-2nc2ccccc2c3CCN(C(C)=O)C(C)C)cc1. The highest BCUT2D eigenvalue weighted by Gasteiger charge is 2.51. The van der Waals surface area contributed by atoms with Crippen LogP contribution in [-0.2, 0) is 79.4 Å². The molecule has 2 N–H and O–H groups in total. The molecule has 2 aromatic carbocycles. The zero-order chi connectivity index (χ0) is 53.2. The van der Waals surface area contributed by atoms with E-state index in [4.69, 9.17) is 35.6 Å². The Bertz CT molecular complexity index is 2780. The molecule has 2 aliphatic heterocycles. The van der Waals surface area contributed by atoms with E-state index in [1.54, 1.807) is 53.6 Å². The molecule has 4 aromatic rings. The number of nitrogens with zero attached hydrogens (tertiary/aromatic N) is 6. The molecule has 0 saturated carbocycles. The smallest absolute Gasteiger partial charge is 0.457 e. The van der Waals surface area contributed by atoms with E-state index in [0.717, 1.165) is 22.9 Å². The van der Waals surface area contributed by atoms with Gasteiger partial charge in [-0.1, -0.05) is 55.7 Å². The zero-order valence-corrected chi connectivity index (χ0v) is 42.1. The zero-order valence-electron chi connectivity index (χ0n) is 43.1. The van der Waals surface area contributed by atoms with Gasteiger partial charge in [0.2, 0.25) is 17.4 Å². The summed E-state index contributed by atoms with van der Waals surface area (Å²) in [5.41, 5.74) is 10.7. The number of carbonyl (C=O) groups excluding carboxylic acids is 6. The number of anilines is 1. The standard InChI is InChI=1S/C53H66N8O12/c1-6-53(45-28-47-48-43(29-61(47)50(66)44(45)33-71-51(53)67)41(21-24-60(34(3)4)35(5)62)42-15-8-9-16-46(42)58-48)73-52(68)72-30-36-17-19-38(20-18-36)57-49(65)37(13-10-11-22-55-7-2)27-40(64)32-70-31-39(63)14-12-25-69-26-23-56-59-54/h8-9,15-20,28,34,37,55H,6-7,10-14,21-27,29-33H2,1-5H3,(H,57,65)/t37-,53+/m1/s1/i2T. The Morgan fingerprint density at radius 3 is 2.53 bits per heavy atom. The van der Waals surface area contributed by atoms with Crippen LogP contribution in [0.4, 0.5) is 10.5 Å². The molecule has 6 rings (SSSR count). The summed E-state index contributed by atoms with van der Waals surface area (Å²) >= 11 is 0. The fraction of sp³-hybridized carbons (Fsp3) is 0.509. The average molecular weight is 1010 g/mol. The Hall–Kier alpha value is -6.99. The van der Waals surface area contributed by atoms with Gasteiger partial charge in [0.25, 0.3) is 5.56 Å². The molecule has 0 spiro atoms. The van der Waals surface area contributed by atoms with Crippen LogP contribution in [-0.4, -0.2) is 109 Å². The molecule has 0 aliphatic carbocycles. The number of aromatic nitrogens is 2. The number of nitrogens with one attached hydrogen (secondary N) is 2. The first-order valence-corrected chi connectivity index (χ1v) is 24.8. The van der Waals surface area contributed by atoms with Crippen LogP contribution in [0.1, 0.15) is 109 Å². The van der Waals surface area contributed by atoms with Crippen LogP contribution in [0, 0.1) is 5.92 Å². The second-order valence-corrected chi connectivity index (χ2v) is 18.3. The third kappa shape index (κ3) is 14.2. The predicted molar refractivity (Wildman–Crippen MR) is 270 cm³/mol. The van der Waals surface area contributed by atoms with Gasteiger partial charge in [-0.2, -0.15) is 0 Å². The summed E-state index contributed by atoms with van der Waals surface area (Å²) in [5, 5.41) is 10.3. The summed E-state index contributed by atoms with van der Waals surface area (Å²) in [6, 6.07) is 15.8. The number of unbranched alkanes of at least 4 members (excludes halogenated alkanes) is 1. The summed E-state index contributed by atoms with van der Waals surface area (Å²) < 4.78 is 36.5. The highest BCUT2D eigenvalue weighted by atomic mass is 16.7. The first-order chi connectivity index (χ1) is 35.7. The number of carbonyl (C=O) groups is 6. The maximum Gasteiger partial charge on any atom is 0.510 e. The van der Waals surface area contributed by atoms with Crippen molar-refractivity contribution in [1.82, 2.24) is 19.8 Å². The normalized spacial score (nSPS) is 15.0. The number of amides is 2. The molecule has 2 atom stereocenters. The number of hydrogen-bond acceptors (Lipinski definition) is 15. The van der Waals surface area contributed by atoms with E-state index in [2.05, 4.69) is 20.7 Å². The highest BCUT2D eigenvalue weighted by Crippen LogP contribution is 2.42. The lowest BCUT2D eigenvalue weighted by Gasteiger charge is -2.35. The third-order valence-corrected chi connectivity index (χ3v) is 13.0. The third-order valence-electron chi connectivity index (χ3n) is 13.0. The number of pyridine rings is 2. The number of azide groups is 1. The van der Waals surface area contributed by atoms with Crippen LogP contribution in [0.3, 0.4) is 0 Å². The topological polar surface area (TPSA) is 260 Å². The van der Waals surface area contributed by atoms with Gasteiger partial charge in [0.1, 0.15) is 26.4 Å². The summed E-state index contributed by atoms with van der Waals surface area (Å²) in [6.45, 7) is 8.83. The number of ketones is 2. The largest absolute Gasteiger partial charge is 0.510 e. The minimum absolute atomic E-state index is 0.0151. The van der Waals surface area contributed by atoms with Gasteiger partial charge in [-0.25, -0.2) is 14.6 Å². The first-order valence-electron chi connectivity index (χ1n) is 25.5. The van der Waals surface area contributed by atoms with Gasteiger partial charge in [-0.3, -0.25) is 24.0 Å². The van der Waals surface area contributed by atoms with Crippen molar-refractivity contribution in [3.05, 3.63) is 103 Å². The average Bonchev–Trinajstić information content (AvgIpc) is 3.75. The minimum Gasteiger partial charge on any atom is -0.457 e. The van der Waals surface area contributed by atoms with Crippen molar-refractivity contribution < 1.29 is 53.8 Å². The molecule has 20 heteroatoms. The van der Waals surface area contributed by atoms with Gasteiger partial charge >= 0.3 is 12.1 Å². The summed E-state index contributed by atoms with van der Waals surface area (Å²) in [6.07, 6.45) is 1.57. The Kier molecular flexibility index (Phi) is 19.6. The minimum atomic E-state index is -2.01. The summed E-state index contributed by atoms with van der Waals surface area (Å²) in [7, 11) is 0. The van der Waals surface area contributed by atoms with Crippen LogP contribution < -0.4 is 16.2 Å². The number of hydrogen-bond donors (Lipinski definition) is 2. The van der Waals surface area contributed by atoms with Gasteiger partial charge in [0, 0.05) is 79.9 Å². The van der Waals surface area contributed by atoms with E-state index in [1.807, 2.05) is 38.1 Å². The van der Waals surface area contributed by atoms with Crippen LogP contribution in [0.25, 0.3) is 32.7 Å². The number of Topliss-reactive ketones (excluding diaryl/α,β-unsaturated/α-hetero) is 2. The Morgan fingerprint density at radius 1 is 1.01 bits per heavy atom. The monoisotopic (exact) mass is 1010 g/mol. The van der Waals surface area contributed by atoms with E-state index < -0.39 is 29.2 Å². The molecule has 20 nitrogen and oxygen atoms in total. The molecule has 0 fully saturated rings. The van der Waals surface area contributed by atoms with E-state index in [1.165, 1.54) is 0 Å². The van der Waals surface area contributed by atoms with E-state index in [9.17, 15) is 33.6 Å². The summed E-state index contributed by atoms with van der Waals surface area (Å²) in [4.78, 5) is 102. The molecule has 2 aliphatic rings. The van der Waals surface area contributed by atoms with E-state index >= 15 is 0 Å². The molecule has 0 unspecified atom stereocenters. The molecule has 0 radical (unpaired) electrons. The number of esters is 1. The lowest BCUT2D eigenvalue weighted by molar-refractivity contribution is -0.175. The molecule has 0 saturated heterocycles. The second-order valence-electron chi connectivity index (χ2n) is 18.3. The van der Waals surface area contributed by atoms with Crippen LogP contribution in [0.5, 0.6) is 0 Å². The first kappa shape index (κ1) is 53.8.